The molecule has 2 N–H and O–H groups in total. The molecule has 8 heteroatoms. The summed E-state index contributed by atoms with van der Waals surface area (Å²) in [5.74, 6) is 0.654. The fourth-order valence-corrected chi connectivity index (χ4v) is 3.65. The highest BCUT2D eigenvalue weighted by molar-refractivity contribution is 6.33. The SMILES string of the molecule is Cc1nn(C(C)C)cc1Nc1cc(Nc2cccc3c2C(=O)N(C)CC3)c(Cl)cn1. The van der Waals surface area contributed by atoms with E-state index in [0.717, 1.165) is 35.6 Å². The van der Waals surface area contributed by atoms with Crippen LogP contribution in [0.3, 0.4) is 0 Å². The van der Waals surface area contributed by atoms with E-state index < -0.39 is 0 Å². The minimum atomic E-state index is 0.0135. The number of pyridine rings is 1. The predicted molar refractivity (Wildman–Crippen MR) is 120 cm³/mol. The van der Waals surface area contributed by atoms with Crippen LogP contribution in [-0.4, -0.2) is 39.2 Å². The minimum Gasteiger partial charge on any atom is -0.353 e. The number of amides is 1. The smallest absolute Gasteiger partial charge is 0.255 e. The minimum absolute atomic E-state index is 0.0135. The molecule has 0 unspecified atom stereocenters. The maximum absolute atomic E-state index is 12.7. The Morgan fingerprint density at radius 3 is 2.70 bits per heavy atom. The summed E-state index contributed by atoms with van der Waals surface area (Å²) < 4.78 is 1.91. The lowest BCUT2D eigenvalue weighted by Gasteiger charge is -2.27. The van der Waals surface area contributed by atoms with Gasteiger partial charge in [0.05, 0.1) is 39.5 Å². The predicted octanol–water partition coefficient (Wildman–Crippen LogP) is 4.94. The molecule has 0 radical (unpaired) electrons. The lowest BCUT2D eigenvalue weighted by Crippen LogP contribution is -2.34. The number of halogens is 1. The van der Waals surface area contributed by atoms with Crippen LogP contribution in [0.4, 0.5) is 22.9 Å². The number of nitrogens with one attached hydrogen (secondary N) is 2. The first kappa shape index (κ1) is 20.2. The highest BCUT2D eigenvalue weighted by Crippen LogP contribution is 2.33. The molecule has 0 saturated carbocycles. The number of anilines is 4. The zero-order valence-electron chi connectivity index (χ0n) is 17.5. The van der Waals surface area contributed by atoms with E-state index in [1.807, 2.05) is 49.1 Å². The molecule has 1 aliphatic rings. The first-order valence-electron chi connectivity index (χ1n) is 9.96. The molecule has 0 fully saturated rings. The molecule has 1 aromatic carbocycles. The summed E-state index contributed by atoms with van der Waals surface area (Å²) in [4.78, 5) is 18.9. The molecule has 1 amide bonds. The van der Waals surface area contributed by atoms with Crippen LogP contribution in [0.1, 0.15) is 41.5 Å². The summed E-state index contributed by atoms with van der Waals surface area (Å²) in [5.41, 5.74) is 4.94. The van der Waals surface area contributed by atoms with Crippen molar-refractivity contribution in [2.45, 2.75) is 33.2 Å². The summed E-state index contributed by atoms with van der Waals surface area (Å²) in [5, 5.41) is 11.6. The number of fused-ring (bicyclic) bond motifs is 1. The number of hydrogen-bond acceptors (Lipinski definition) is 5. The average Bonchev–Trinajstić information content (AvgIpc) is 3.08. The van der Waals surface area contributed by atoms with Crippen molar-refractivity contribution in [3.63, 3.8) is 0 Å². The Morgan fingerprint density at radius 2 is 1.97 bits per heavy atom. The quantitative estimate of drug-likeness (QED) is 0.607. The molecule has 3 heterocycles. The van der Waals surface area contributed by atoms with Gasteiger partial charge in [0.1, 0.15) is 5.82 Å². The van der Waals surface area contributed by atoms with Gasteiger partial charge in [0, 0.05) is 31.9 Å². The Morgan fingerprint density at radius 1 is 1.17 bits per heavy atom. The van der Waals surface area contributed by atoms with Crippen LogP contribution >= 0.6 is 11.6 Å². The molecule has 0 aliphatic carbocycles. The van der Waals surface area contributed by atoms with E-state index in [2.05, 4.69) is 34.6 Å². The van der Waals surface area contributed by atoms with Crippen molar-refractivity contribution in [1.82, 2.24) is 19.7 Å². The summed E-state index contributed by atoms with van der Waals surface area (Å²) in [6, 6.07) is 7.97. The number of carbonyl (C=O) groups excluding carboxylic acids is 1. The van der Waals surface area contributed by atoms with Gasteiger partial charge >= 0.3 is 0 Å². The van der Waals surface area contributed by atoms with Crippen molar-refractivity contribution in [3.05, 3.63) is 58.5 Å². The zero-order chi connectivity index (χ0) is 21.4. The number of nitrogens with zero attached hydrogens (tertiary/aromatic N) is 4. The molecule has 3 aromatic rings. The fourth-order valence-electron chi connectivity index (χ4n) is 3.50. The molecule has 156 valence electrons. The van der Waals surface area contributed by atoms with Gasteiger partial charge in [-0.05, 0) is 38.8 Å². The molecule has 1 aliphatic heterocycles. The topological polar surface area (TPSA) is 75.1 Å². The van der Waals surface area contributed by atoms with Crippen molar-refractivity contribution in [1.29, 1.82) is 0 Å². The standard InChI is InChI=1S/C22H25ClN6O/c1-13(2)29-12-19(14(3)27-29)26-20-10-18(16(23)11-24-20)25-17-7-5-6-15-8-9-28(4)22(30)21(15)17/h5-7,10-13H,8-9H2,1-4H3,(H2,24,25,26). The van der Waals surface area contributed by atoms with Crippen molar-refractivity contribution in [2.75, 3.05) is 24.2 Å². The summed E-state index contributed by atoms with van der Waals surface area (Å²) >= 11 is 6.41. The number of aromatic nitrogens is 3. The molecular weight excluding hydrogens is 400 g/mol. The molecule has 4 rings (SSSR count). The Balaban J connectivity index is 1.64. The second-order valence-electron chi connectivity index (χ2n) is 7.82. The van der Waals surface area contributed by atoms with E-state index in [4.69, 9.17) is 11.6 Å². The highest BCUT2D eigenvalue weighted by Gasteiger charge is 2.24. The van der Waals surface area contributed by atoms with Crippen LogP contribution < -0.4 is 10.6 Å². The lowest BCUT2D eigenvalue weighted by molar-refractivity contribution is 0.0782. The first-order chi connectivity index (χ1) is 14.3. The number of benzene rings is 1. The average molecular weight is 425 g/mol. The third-order valence-corrected chi connectivity index (χ3v) is 5.56. The van der Waals surface area contributed by atoms with Crippen molar-refractivity contribution < 1.29 is 4.79 Å². The Labute approximate surface area is 181 Å². The molecule has 0 spiro atoms. The van der Waals surface area contributed by atoms with Crippen molar-refractivity contribution in [3.8, 4) is 0 Å². The number of hydrogen-bond donors (Lipinski definition) is 2. The Hall–Kier alpha value is -3.06. The van der Waals surface area contributed by atoms with Gasteiger partial charge in [-0.3, -0.25) is 9.48 Å². The van der Waals surface area contributed by atoms with E-state index in [1.165, 1.54) is 0 Å². The highest BCUT2D eigenvalue weighted by atomic mass is 35.5. The second-order valence-corrected chi connectivity index (χ2v) is 8.22. The van der Waals surface area contributed by atoms with E-state index in [1.54, 1.807) is 11.1 Å². The molecule has 7 nitrogen and oxygen atoms in total. The summed E-state index contributed by atoms with van der Waals surface area (Å²) in [6.45, 7) is 6.84. The molecule has 30 heavy (non-hydrogen) atoms. The lowest BCUT2D eigenvalue weighted by atomic mass is 9.97. The van der Waals surface area contributed by atoms with E-state index in [0.29, 0.717) is 22.1 Å². The molecule has 2 aromatic heterocycles. The molecule has 0 saturated heterocycles. The van der Waals surface area contributed by atoms with Crippen LogP contribution in [0.2, 0.25) is 5.02 Å². The second kappa shape index (κ2) is 7.99. The zero-order valence-corrected chi connectivity index (χ0v) is 18.3. The fraction of sp³-hybridized carbons (Fsp3) is 0.318. The number of carbonyl (C=O) groups is 1. The largest absolute Gasteiger partial charge is 0.353 e. The van der Waals surface area contributed by atoms with E-state index in [9.17, 15) is 4.79 Å². The van der Waals surface area contributed by atoms with Gasteiger partial charge in [-0.2, -0.15) is 5.10 Å². The first-order valence-corrected chi connectivity index (χ1v) is 10.3. The van der Waals surface area contributed by atoms with Crippen LogP contribution in [0, 0.1) is 6.92 Å². The summed E-state index contributed by atoms with van der Waals surface area (Å²) in [6.07, 6.45) is 4.40. The maximum Gasteiger partial charge on any atom is 0.255 e. The van der Waals surface area contributed by atoms with Gasteiger partial charge in [-0.15, -0.1) is 0 Å². The number of likely N-dealkylation sites (N-methyl/N-ethyl adjacent to an activating group) is 1. The molecule has 0 atom stereocenters. The van der Waals surface area contributed by atoms with Crippen LogP contribution in [0.25, 0.3) is 0 Å². The number of rotatable bonds is 5. The Bertz CT molecular complexity index is 1110. The van der Waals surface area contributed by atoms with Crippen LogP contribution in [0.15, 0.2) is 36.7 Å². The van der Waals surface area contributed by atoms with Gasteiger partial charge < -0.3 is 15.5 Å². The van der Waals surface area contributed by atoms with E-state index >= 15 is 0 Å². The van der Waals surface area contributed by atoms with Crippen LogP contribution in [0.5, 0.6) is 0 Å². The molecular formula is C22H25ClN6O. The van der Waals surface area contributed by atoms with Gasteiger partial charge in [-0.1, -0.05) is 23.7 Å². The Kier molecular flexibility index (Phi) is 5.39. The third-order valence-electron chi connectivity index (χ3n) is 5.26. The molecule has 0 bridgehead atoms. The van der Waals surface area contributed by atoms with Gasteiger partial charge in [0.15, 0.2) is 0 Å². The number of aryl methyl sites for hydroxylation is 1. The van der Waals surface area contributed by atoms with E-state index in [-0.39, 0.29) is 11.9 Å². The monoisotopic (exact) mass is 424 g/mol. The van der Waals surface area contributed by atoms with Gasteiger partial charge in [-0.25, -0.2) is 4.98 Å². The van der Waals surface area contributed by atoms with Crippen LogP contribution in [-0.2, 0) is 6.42 Å². The summed E-state index contributed by atoms with van der Waals surface area (Å²) in [7, 11) is 1.82. The maximum atomic E-state index is 12.7. The third kappa shape index (κ3) is 3.85. The van der Waals surface area contributed by atoms with Gasteiger partial charge in [0.25, 0.3) is 5.91 Å². The van der Waals surface area contributed by atoms with Gasteiger partial charge in [0.2, 0.25) is 0 Å². The van der Waals surface area contributed by atoms with Crippen molar-refractivity contribution in [2.24, 2.45) is 0 Å². The normalized spacial score (nSPS) is 13.5. The van der Waals surface area contributed by atoms with Crippen molar-refractivity contribution >= 4 is 40.4 Å².